The van der Waals surface area contributed by atoms with Gasteiger partial charge in [0.05, 0.1) is 4.90 Å². The molecule has 3 aromatic rings. The highest BCUT2D eigenvalue weighted by Crippen LogP contribution is 2.19. The maximum Gasteiger partial charge on any atom is 0.240 e. The van der Waals surface area contributed by atoms with Crippen LogP contribution in [0.25, 0.3) is 11.0 Å². The highest BCUT2D eigenvalue weighted by Gasteiger charge is 2.17. The Balaban J connectivity index is 1.76. The molecule has 2 aromatic heterocycles. The molecular weight excluding hydrogens is 322 g/mol. The zero-order valence-electron chi connectivity index (χ0n) is 13.9. The van der Waals surface area contributed by atoms with Crippen molar-refractivity contribution in [1.29, 1.82) is 0 Å². The molecule has 24 heavy (non-hydrogen) atoms. The van der Waals surface area contributed by atoms with Crippen molar-refractivity contribution in [1.82, 2.24) is 14.3 Å². The van der Waals surface area contributed by atoms with Crippen LogP contribution in [-0.2, 0) is 29.9 Å². The number of nitrogens with one attached hydrogen (secondary N) is 1. The number of hydrogen-bond acceptors (Lipinski definition) is 3. The number of hydrogen-bond donors (Lipinski definition) is 1. The fraction of sp³-hybridized carbons (Fsp3) is 0.278. The van der Waals surface area contributed by atoms with E-state index in [1.54, 1.807) is 18.3 Å². The average molecular weight is 343 g/mol. The molecule has 0 saturated carbocycles. The Morgan fingerprint density at radius 2 is 1.92 bits per heavy atom. The molecule has 0 unspecified atom stereocenters. The molecule has 0 bridgehead atoms. The third-order valence-electron chi connectivity index (χ3n) is 4.15. The van der Waals surface area contributed by atoms with E-state index in [1.807, 2.05) is 49.0 Å². The van der Waals surface area contributed by atoms with Crippen LogP contribution in [0.2, 0.25) is 0 Å². The summed E-state index contributed by atoms with van der Waals surface area (Å²) in [6.45, 7) is 2.31. The quantitative estimate of drug-likeness (QED) is 0.748. The molecule has 0 aliphatic rings. The van der Waals surface area contributed by atoms with Gasteiger partial charge in [0.2, 0.25) is 10.0 Å². The lowest BCUT2D eigenvalue weighted by atomic mass is 10.2. The molecule has 5 nitrogen and oxygen atoms in total. The van der Waals surface area contributed by atoms with Crippen LogP contribution in [0.15, 0.2) is 53.7 Å². The molecular formula is C18H21N3O2S. The molecule has 0 aliphatic heterocycles. The van der Waals surface area contributed by atoms with Crippen LogP contribution in [0.3, 0.4) is 0 Å². The Hall–Kier alpha value is -2.18. The molecule has 0 atom stereocenters. The third kappa shape index (κ3) is 3.20. The average Bonchev–Trinajstić information content (AvgIpc) is 2.91. The Labute approximate surface area is 142 Å². The Kier molecular flexibility index (Phi) is 4.69. The molecule has 3 rings (SSSR count). The summed E-state index contributed by atoms with van der Waals surface area (Å²) in [5.74, 6) is 0. The summed E-state index contributed by atoms with van der Waals surface area (Å²) in [4.78, 5) is 4.72. The molecule has 1 N–H and O–H groups in total. The first kappa shape index (κ1) is 16.7. The van der Waals surface area contributed by atoms with Gasteiger partial charge in [0.25, 0.3) is 0 Å². The van der Waals surface area contributed by atoms with E-state index in [4.69, 9.17) is 0 Å². The summed E-state index contributed by atoms with van der Waals surface area (Å²) in [5.41, 5.74) is 2.83. The number of aryl methyl sites for hydroxylation is 2. The molecule has 0 fully saturated rings. The van der Waals surface area contributed by atoms with Gasteiger partial charge in [0.15, 0.2) is 0 Å². The first-order chi connectivity index (χ1) is 11.5. The summed E-state index contributed by atoms with van der Waals surface area (Å²) in [6, 6.07) is 11.0. The van der Waals surface area contributed by atoms with E-state index in [9.17, 15) is 8.42 Å². The van der Waals surface area contributed by atoms with E-state index < -0.39 is 10.0 Å². The van der Waals surface area contributed by atoms with Crippen molar-refractivity contribution in [2.75, 3.05) is 6.54 Å². The van der Waals surface area contributed by atoms with Crippen molar-refractivity contribution in [3.05, 3.63) is 59.9 Å². The van der Waals surface area contributed by atoms with Gasteiger partial charge < -0.3 is 4.57 Å². The normalized spacial score (nSPS) is 11.9. The van der Waals surface area contributed by atoms with Gasteiger partial charge in [-0.05, 0) is 42.2 Å². The van der Waals surface area contributed by atoms with Gasteiger partial charge in [-0.3, -0.25) is 0 Å². The van der Waals surface area contributed by atoms with Gasteiger partial charge in [0, 0.05) is 31.4 Å². The molecule has 0 amide bonds. The second kappa shape index (κ2) is 6.75. The maximum absolute atomic E-state index is 12.5. The number of rotatable bonds is 6. The van der Waals surface area contributed by atoms with Gasteiger partial charge in [0.1, 0.15) is 5.65 Å². The number of nitrogens with zero attached hydrogens (tertiary/aromatic N) is 2. The summed E-state index contributed by atoms with van der Waals surface area (Å²) >= 11 is 0. The predicted molar refractivity (Wildman–Crippen MR) is 95.4 cm³/mol. The molecule has 2 heterocycles. The minimum absolute atomic E-state index is 0.356. The largest absolute Gasteiger partial charge is 0.335 e. The number of sulfonamides is 1. The van der Waals surface area contributed by atoms with Gasteiger partial charge in [-0.15, -0.1) is 0 Å². The van der Waals surface area contributed by atoms with Crippen LogP contribution < -0.4 is 4.72 Å². The SMILES string of the molecule is CCc1ccccc1S(=O)(=O)NCCc1cn(C)c2ncccc12. The zero-order valence-corrected chi connectivity index (χ0v) is 14.7. The van der Waals surface area contributed by atoms with E-state index in [2.05, 4.69) is 9.71 Å². The van der Waals surface area contributed by atoms with E-state index in [0.717, 1.165) is 22.2 Å². The molecule has 6 heteroatoms. The summed E-state index contributed by atoms with van der Waals surface area (Å²) in [5, 5.41) is 1.06. The topological polar surface area (TPSA) is 64.0 Å². The van der Waals surface area contributed by atoms with Crippen LogP contribution in [0.1, 0.15) is 18.1 Å². The summed E-state index contributed by atoms with van der Waals surface area (Å²) in [7, 11) is -1.55. The fourth-order valence-electron chi connectivity index (χ4n) is 2.95. The monoisotopic (exact) mass is 343 g/mol. The van der Waals surface area contributed by atoms with Crippen molar-refractivity contribution in [2.24, 2.45) is 7.05 Å². The maximum atomic E-state index is 12.5. The molecule has 0 radical (unpaired) electrons. The number of pyridine rings is 1. The molecule has 0 saturated heterocycles. The molecule has 1 aromatic carbocycles. The lowest BCUT2D eigenvalue weighted by Gasteiger charge is -2.10. The second-order valence-corrected chi connectivity index (χ2v) is 7.48. The van der Waals surface area contributed by atoms with E-state index in [0.29, 0.717) is 24.3 Å². The van der Waals surface area contributed by atoms with Gasteiger partial charge in [-0.1, -0.05) is 25.1 Å². The number of fused-ring (bicyclic) bond motifs is 1. The van der Waals surface area contributed by atoms with Crippen molar-refractivity contribution < 1.29 is 8.42 Å². The minimum Gasteiger partial charge on any atom is -0.335 e. The second-order valence-electron chi connectivity index (χ2n) is 5.75. The Morgan fingerprint density at radius 3 is 2.71 bits per heavy atom. The van der Waals surface area contributed by atoms with Crippen LogP contribution >= 0.6 is 0 Å². The van der Waals surface area contributed by atoms with Gasteiger partial charge in [-0.2, -0.15) is 0 Å². The van der Waals surface area contributed by atoms with E-state index in [-0.39, 0.29) is 0 Å². The van der Waals surface area contributed by atoms with Crippen LogP contribution in [0.5, 0.6) is 0 Å². The van der Waals surface area contributed by atoms with Gasteiger partial charge in [-0.25, -0.2) is 18.1 Å². The third-order valence-corrected chi connectivity index (χ3v) is 5.71. The minimum atomic E-state index is -3.49. The predicted octanol–water partition coefficient (Wildman–Crippen LogP) is 2.66. The zero-order chi connectivity index (χ0) is 17.2. The number of aromatic nitrogens is 2. The van der Waals surface area contributed by atoms with Crippen molar-refractivity contribution in [3.8, 4) is 0 Å². The van der Waals surface area contributed by atoms with E-state index in [1.165, 1.54) is 0 Å². The summed E-state index contributed by atoms with van der Waals surface area (Å²) < 4.78 is 29.8. The highest BCUT2D eigenvalue weighted by molar-refractivity contribution is 7.89. The molecule has 0 aliphatic carbocycles. The first-order valence-electron chi connectivity index (χ1n) is 7.99. The van der Waals surface area contributed by atoms with Crippen molar-refractivity contribution in [2.45, 2.75) is 24.7 Å². The number of benzene rings is 1. The molecule has 0 spiro atoms. The fourth-order valence-corrected chi connectivity index (χ4v) is 4.29. The standard InChI is InChI=1S/C18H21N3O2S/c1-3-14-7-4-5-9-17(14)24(22,23)20-12-10-15-13-21(2)18-16(15)8-6-11-19-18/h4-9,11,13,20H,3,10,12H2,1-2H3. The smallest absolute Gasteiger partial charge is 0.240 e. The van der Waals surface area contributed by atoms with Crippen molar-refractivity contribution >= 4 is 21.1 Å². The highest BCUT2D eigenvalue weighted by atomic mass is 32.2. The Morgan fingerprint density at radius 1 is 1.12 bits per heavy atom. The Bertz CT molecular complexity index is 961. The first-order valence-corrected chi connectivity index (χ1v) is 9.47. The van der Waals surface area contributed by atoms with Crippen LogP contribution in [0, 0.1) is 0 Å². The lowest BCUT2D eigenvalue weighted by molar-refractivity contribution is 0.580. The molecule has 126 valence electrons. The lowest BCUT2D eigenvalue weighted by Crippen LogP contribution is -2.26. The van der Waals surface area contributed by atoms with Crippen molar-refractivity contribution in [3.63, 3.8) is 0 Å². The van der Waals surface area contributed by atoms with Gasteiger partial charge >= 0.3 is 0 Å². The van der Waals surface area contributed by atoms with Crippen LogP contribution in [-0.4, -0.2) is 24.5 Å². The van der Waals surface area contributed by atoms with Crippen LogP contribution in [0.4, 0.5) is 0 Å². The van der Waals surface area contributed by atoms with E-state index >= 15 is 0 Å². The summed E-state index contributed by atoms with van der Waals surface area (Å²) in [6.07, 6.45) is 5.07.